The van der Waals surface area contributed by atoms with Crippen LogP contribution in [0.2, 0.25) is 0 Å². The Balaban J connectivity index is 1.89. The lowest BCUT2D eigenvalue weighted by Gasteiger charge is -2.46. The van der Waals surface area contributed by atoms with Gasteiger partial charge in [0.2, 0.25) is 0 Å². The first-order valence-electron chi connectivity index (χ1n) is 6.25. The third kappa shape index (κ3) is 2.11. The number of hydrogen-bond donors (Lipinski definition) is 1. The molecule has 2 fully saturated rings. The first kappa shape index (κ1) is 11.6. The number of nitrogens with one attached hydrogen (secondary N) is 1. The number of nitrogens with zero attached hydrogens (tertiary/aromatic N) is 2. The van der Waals surface area contributed by atoms with Gasteiger partial charge in [-0.15, -0.1) is 0 Å². The molecule has 0 aliphatic carbocycles. The van der Waals surface area contributed by atoms with Crippen LogP contribution in [0.25, 0.3) is 0 Å². The fourth-order valence-electron chi connectivity index (χ4n) is 2.84. The number of ether oxygens (including phenoxy) is 1. The maximum absolute atomic E-state index is 6.16. The molecule has 0 saturated carbocycles. The monoisotopic (exact) mass is 253 g/mol. The molecule has 5 heteroatoms. The van der Waals surface area contributed by atoms with Crippen LogP contribution in [0.4, 0.5) is 0 Å². The van der Waals surface area contributed by atoms with E-state index in [1.54, 1.807) is 0 Å². The Morgan fingerprint density at radius 1 is 1.53 bits per heavy atom. The third-order valence-electron chi connectivity index (χ3n) is 3.74. The van der Waals surface area contributed by atoms with E-state index >= 15 is 0 Å². The van der Waals surface area contributed by atoms with Crippen LogP contribution in [-0.4, -0.2) is 40.0 Å². The number of aryl methyl sites for hydroxylation is 1. The van der Waals surface area contributed by atoms with Crippen molar-refractivity contribution in [3.8, 4) is 0 Å². The van der Waals surface area contributed by atoms with E-state index in [-0.39, 0.29) is 11.6 Å². The number of hydrogen-bond acceptors (Lipinski definition) is 4. The zero-order valence-electron chi connectivity index (χ0n) is 10.2. The first-order chi connectivity index (χ1) is 8.30. The van der Waals surface area contributed by atoms with Gasteiger partial charge in [0.25, 0.3) is 0 Å². The van der Waals surface area contributed by atoms with E-state index in [9.17, 15) is 0 Å². The maximum Gasteiger partial charge on any atom is 0.0908 e. The first-order valence-corrected chi connectivity index (χ1v) is 7.40. The summed E-state index contributed by atoms with van der Waals surface area (Å²) in [5, 5.41) is 8.15. The molecule has 0 radical (unpaired) electrons. The van der Waals surface area contributed by atoms with Gasteiger partial charge in [-0.2, -0.15) is 16.9 Å². The van der Waals surface area contributed by atoms with E-state index in [4.69, 9.17) is 4.74 Å². The zero-order chi connectivity index (χ0) is 11.7. The molecule has 1 aromatic rings. The standard InChI is InChI=1S/C12H19N3OS/c1-15-6-2-10(14-15)11-12(16-7-5-13-11)3-8-17-9-4-12/h2,6,11,13H,3-5,7-9H2,1H3. The summed E-state index contributed by atoms with van der Waals surface area (Å²) in [5.74, 6) is 2.40. The normalized spacial score (nSPS) is 28.4. The molecule has 2 aliphatic rings. The highest BCUT2D eigenvalue weighted by Crippen LogP contribution is 2.41. The van der Waals surface area contributed by atoms with Crippen molar-refractivity contribution in [2.75, 3.05) is 24.7 Å². The van der Waals surface area contributed by atoms with Crippen LogP contribution >= 0.6 is 11.8 Å². The van der Waals surface area contributed by atoms with Crippen LogP contribution in [0.15, 0.2) is 12.3 Å². The molecule has 1 aromatic heterocycles. The molecule has 0 bridgehead atoms. The van der Waals surface area contributed by atoms with Crippen LogP contribution in [0.3, 0.4) is 0 Å². The van der Waals surface area contributed by atoms with Gasteiger partial charge in [0.05, 0.1) is 23.9 Å². The number of aromatic nitrogens is 2. The molecule has 94 valence electrons. The van der Waals surface area contributed by atoms with Crippen molar-refractivity contribution in [1.82, 2.24) is 15.1 Å². The van der Waals surface area contributed by atoms with Gasteiger partial charge >= 0.3 is 0 Å². The molecule has 3 heterocycles. The van der Waals surface area contributed by atoms with Crippen LogP contribution in [0, 0.1) is 0 Å². The van der Waals surface area contributed by atoms with Crippen molar-refractivity contribution >= 4 is 11.8 Å². The molecular formula is C12H19N3OS. The SMILES string of the molecule is Cn1ccc(C2NCCOC23CCSCC3)n1. The Labute approximate surface area is 106 Å². The number of morpholine rings is 1. The quantitative estimate of drug-likeness (QED) is 0.820. The summed E-state index contributed by atoms with van der Waals surface area (Å²) in [7, 11) is 1.97. The van der Waals surface area contributed by atoms with Gasteiger partial charge in [-0.25, -0.2) is 0 Å². The van der Waals surface area contributed by atoms with Gasteiger partial charge in [0.1, 0.15) is 0 Å². The predicted octanol–water partition coefficient (Wildman–Crippen LogP) is 1.35. The van der Waals surface area contributed by atoms with E-state index in [0.29, 0.717) is 0 Å². The van der Waals surface area contributed by atoms with E-state index in [1.165, 1.54) is 11.5 Å². The van der Waals surface area contributed by atoms with Crippen LogP contribution in [0.1, 0.15) is 24.6 Å². The van der Waals surface area contributed by atoms with E-state index in [0.717, 1.165) is 31.7 Å². The van der Waals surface area contributed by atoms with E-state index < -0.39 is 0 Å². The van der Waals surface area contributed by atoms with Crippen LogP contribution in [0.5, 0.6) is 0 Å². The van der Waals surface area contributed by atoms with Crippen LogP contribution in [-0.2, 0) is 11.8 Å². The summed E-state index contributed by atoms with van der Waals surface area (Å²) in [6.07, 6.45) is 4.27. The molecular weight excluding hydrogens is 234 g/mol. The van der Waals surface area contributed by atoms with Crippen LogP contribution < -0.4 is 5.32 Å². The Hall–Kier alpha value is -0.520. The van der Waals surface area contributed by atoms with E-state index in [2.05, 4.69) is 16.5 Å². The molecule has 3 rings (SSSR count). The number of rotatable bonds is 1. The van der Waals surface area contributed by atoms with E-state index in [1.807, 2.05) is 29.7 Å². The van der Waals surface area contributed by atoms with Crippen molar-refractivity contribution in [2.45, 2.75) is 24.5 Å². The van der Waals surface area contributed by atoms with Gasteiger partial charge in [-0.05, 0) is 30.4 Å². The summed E-state index contributed by atoms with van der Waals surface area (Å²) in [5.41, 5.74) is 1.11. The highest BCUT2D eigenvalue weighted by molar-refractivity contribution is 7.99. The molecule has 1 N–H and O–H groups in total. The molecule has 2 aliphatic heterocycles. The second-order valence-electron chi connectivity index (χ2n) is 4.83. The molecule has 17 heavy (non-hydrogen) atoms. The van der Waals surface area contributed by atoms with Gasteiger partial charge in [-0.3, -0.25) is 4.68 Å². The Bertz CT molecular complexity index is 379. The molecule has 1 spiro atoms. The van der Waals surface area contributed by atoms with Gasteiger partial charge < -0.3 is 10.1 Å². The lowest BCUT2D eigenvalue weighted by atomic mass is 9.84. The maximum atomic E-state index is 6.16. The third-order valence-corrected chi connectivity index (χ3v) is 4.72. The minimum absolute atomic E-state index is 0.0160. The summed E-state index contributed by atoms with van der Waals surface area (Å²) in [4.78, 5) is 0. The summed E-state index contributed by atoms with van der Waals surface area (Å²) in [6, 6.07) is 2.37. The summed E-state index contributed by atoms with van der Waals surface area (Å²) < 4.78 is 8.03. The lowest BCUT2D eigenvalue weighted by molar-refractivity contribution is -0.104. The predicted molar refractivity (Wildman–Crippen MR) is 69.2 cm³/mol. The molecule has 4 nitrogen and oxygen atoms in total. The van der Waals surface area contributed by atoms with Crippen molar-refractivity contribution in [1.29, 1.82) is 0 Å². The highest BCUT2D eigenvalue weighted by Gasteiger charge is 2.44. The Kier molecular flexibility index (Phi) is 3.15. The molecule has 0 aromatic carbocycles. The Morgan fingerprint density at radius 3 is 3.06 bits per heavy atom. The molecule has 1 atom stereocenters. The Morgan fingerprint density at radius 2 is 2.35 bits per heavy atom. The van der Waals surface area contributed by atoms with Crippen molar-refractivity contribution in [3.63, 3.8) is 0 Å². The fraction of sp³-hybridized carbons (Fsp3) is 0.750. The largest absolute Gasteiger partial charge is 0.372 e. The van der Waals surface area contributed by atoms with Crippen molar-refractivity contribution < 1.29 is 4.74 Å². The van der Waals surface area contributed by atoms with Crippen molar-refractivity contribution in [2.24, 2.45) is 7.05 Å². The fourth-order valence-corrected chi connectivity index (χ4v) is 4.02. The second kappa shape index (κ2) is 4.63. The van der Waals surface area contributed by atoms with Gasteiger partial charge in [-0.1, -0.05) is 0 Å². The van der Waals surface area contributed by atoms with Crippen molar-refractivity contribution in [3.05, 3.63) is 18.0 Å². The lowest BCUT2D eigenvalue weighted by Crippen LogP contribution is -2.54. The second-order valence-corrected chi connectivity index (χ2v) is 6.05. The molecule has 1 unspecified atom stereocenters. The highest BCUT2D eigenvalue weighted by atomic mass is 32.2. The average molecular weight is 253 g/mol. The zero-order valence-corrected chi connectivity index (χ0v) is 11.0. The summed E-state index contributed by atoms with van der Waals surface area (Å²) in [6.45, 7) is 1.75. The minimum atomic E-state index is -0.0160. The average Bonchev–Trinajstić information content (AvgIpc) is 2.77. The molecule has 0 amide bonds. The minimum Gasteiger partial charge on any atom is -0.372 e. The molecule has 2 saturated heterocycles. The summed E-state index contributed by atoms with van der Waals surface area (Å²) >= 11 is 2.03. The topological polar surface area (TPSA) is 39.1 Å². The van der Waals surface area contributed by atoms with Gasteiger partial charge in [0, 0.05) is 19.8 Å². The number of thioether (sulfide) groups is 1. The smallest absolute Gasteiger partial charge is 0.0908 e. The van der Waals surface area contributed by atoms with Gasteiger partial charge in [0.15, 0.2) is 0 Å².